The lowest BCUT2D eigenvalue weighted by molar-refractivity contribution is -0.138. The third-order valence-electron chi connectivity index (χ3n) is 6.05. The monoisotopic (exact) mass is 522 g/mol. The molecule has 5 rings (SSSR count). The molecule has 190 valence electrons. The van der Waals surface area contributed by atoms with Gasteiger partial charge in [0, 0.05) is 11.1 Å². The van der Waals surface area contributed by atoms with E-state index in [2.05, 4.69) is 6.58 Å². The van der Waals surface area contributed by atoms with Crippen LogP contribution in [0.2, 0.25) is 0 Å². The Bertz CT molecular complexity index is 1690. The molecule has 0 aliphatic carbocycles. The average molecular weight is 523 g/mol. The molecule has 6 nitrogen and oxygen atoms in total. The Balaban J connectivity index is 1.79. The van der Waals surface area contributed by atoms with E-state index < -0.39 is 12.0 Å². The molecule has 0 saturated carbocycles. The molecule has 1 atom stereocenters. The molecule has 38 heavy (non-hydrogen) atoms. The fraction of sp³-hybridized carbons (Fsp3) is 0.129. The fourth-order valence-corrected chi connectivity index (χ4v) is 5.40. The summed E-state index contributed by atoms with van der Waals surface area (Å²) >= 11 is 1.28. The number of carbonyl (C=O) groups excluding carboxylic acids is 1. The van der Waals surface area contributed by atoms with Gasteiger partial charge in [-0.3, -0.25) is 9.36 Å². The van der Waals surface area contributed by atoms with E-state index in [1.54, 1.807) is 23.6 Å². The van der Waals surface area contributed by atoms with E-state index >= 15 is 0 Å². The lowest BCUT2D eigenvalue weighted by Crippen LogP contribution is -2.40. The minimum atomic E-state index is -0.698. The highest BCUT2D eigenvalue weighted by molar-refractivity contribution is 7.07. The first-order valence-corrected chi connectivity index (χ1v) is 13.1. The zero-order valence-corrected chi connectivity index (χ0v) is 21.7. The molecule has 1 aliphatic heterocycles. The van der Waals surface area contributed by atoms with Crippen LogP contribution in [0.3, 0.4) is 0 Å². The Kier molecular flexibility index (Phi) is 7.47. The number of hydrogen-bond acceptors (Lipinski definition) is 6. The molecule has 3 aromatic carbocycles. The van der Waals surface area contributed by atoms with Crippen LogP contribution in [0.1, 0.15) is 29.7 Å². The maximum Gasteiger partial charge on any atom is 0.338 e. The number of fused-ring (bicyclic) bond motifs is 1. The van der Waals surface area contributed by atoms with Crippen LogP contribution in [0, 0.1) is 0 Å². The highest BCUT2D eigenvalue weighted by Gasteiger charge is 2.35. The van der Waals surface area contributed by atoms with Crippen molar-refractivity contribution in [2.45, 2.75) is 13.0 Å². The third kappa shape index (κ3) is 4.88. The van der Waals surface area contributed by atoms with Crippen LogP contribution >= 0.6 is 11.3 Å². The van der Waals surface area contributed by atoms with E-state index in [4.69, 9.17) is 14.5 Å². The molecule has 0 spiro atoms. The number of carbonyl (C=O) groups is 1. The van der Waals surface area contributed by atoms with Crippen molar-refractivity contribution in [1.29, 1.82) is 0 Å². The number of para-hydroxylation sites is 1. The Morgan fingerprint density at radius 3 is 2.42 bits per heavy atom. The number of ether oxygens (including phenoxy) is 2. The van der Waals surface area contributed by atoms with Crippen molar-refractivity contribution in [3.63, 3.8) is 0 Å². The van der Waals surface area contributed by atoms with Gasteiger partial charge in [0.25, 0.3) is 5.56 Å². The van der Waals surface area contributed by atoms with Gasteiger partial charge < -0.3 is 9.47 Å². The maximum absolute atomic E-state index is 13.9. The standard InChI is InChI=1S/C31H26N2O4S/c1-3-19-37-24-18-12-11-17-23(24)20-25-29(34)33-28(22-15-9-6-10-16-22)26(30(35)36-4-2)27(32-31(33)38-25)21-13-7-5-8-14-21/h3,5-18,20,28H,1,4,19H2,2H3/b25-20+/t28-/m0/s1. The summed E-state index contributed by atoms with van der Waals surface area (Å²) in [7, 11) is 0. The number of hydrogen-bond donors (Lipinski definition) is 0. The maximum atomic E-state index is 13.9. The van der Waals surface area contributed by atoms with Gasteiger partial charge >= 0.3 is 5.97 Å². The lowest BCUT2D eigenvalue weighted by Gasteiger charge is -2.25. The summed E-state index contributed by atoms with van der Waals surface area (Å²) in [6.07, 6.45) is 3.48. The summed E-state index contributed by atoms with van der Waals surface area (Å²) in [5, 5.41) is 0. The zero-order chi connectivity index (χ0) is 26.5. The van der Waals surface area contributed by atoms with Gasteiger partial charge in [0.2, 0.25) is 0 Å². The average Bonchev–Trinajstić information content (AvgIpc) is 3.27. The lowest BCUT2D eigenvalue weighted by atomic mass is 9.93. The van der Waals surface area contributed by atoms with Gasteiger partial charge in [0.15, 0.2) is 4.80 Å². The number of esters is 1. The van der Waals surface area contributed by atoms with Crippen molar-refractivity contribution in [1.82, 2.24) is 4.57 Å². The van der Waals surface area contributed by atoms with E-state index in [0.29, 0.717) is 33.0 Å². The van der Waals surface area contributed by atoms with E-state index in [1.165, 1.54) is 11.3 Å². The molecule has 7 heteroatoms. The number of nitrogens with zero attached hydrogens (tertiary/aromatic N) is 2. The number of rotatable bonds is 8. The molecule has 2 heterocycles. The van der Waals surface area contributed by atoms with Gasteiger partial charge in [-0.2, -0.15) is 0 Å². The number of thiazole rings is 1. The quantitative estimate of drug-likeness (QED) is 0.252. The van der Waals surface area contributed by atoms with Crippen LogP contribution in [0.5, 0.6) is 5.75 Å². The summed E-state index contributed by atoms with van der Waals surface area (Å²) in [6, 6.07) is 25.8. The van der Waals surface area contributed by atoms with Gasteiger partial charge in [-0.05, 0) is 24.6 Å². The highest BCUT2D eigenvalue weighted by Crippen LogP contribution is 2.35. The summed E-state index contributed by atoms with van der Waals surface area (Å²) in [5.41, 5.74) is 2.93. The van der Waals surface area contributed by atoms with Crippen molar-refractivity contribution in [2.75, 3.05) is 13.2 Å². The molecule has 0 bridgehead atoms. The summed E-state index contributed by atoms with van der Waals surface area (Å²) in [5.74, 6) is 0.149. The number of benzene rings is 3. The first-order valence-electron chi connectivity index (χ1n) is 12.3. The van der Waals surface area contributed by atoms with Crippen molar-refractivity contribution < 1.29 is 14.3 Å². The van der Waals surface area contributed by atoms with Crippen molar-refractivity contribution in [3.8, 4) is 5.75 Å². The van der Waals surface area contributed by atoms with Crippen LogP contribution in [0.25, 0.3) is 11.8 Å². The van der Waals surface area contributed by atoms with E-state index in [1.807, 2.05) is 84.9 Å². The van der Waals surface area contributed by atoms with Gasteiger partial charge in [0.1, 0.15) is 12.4 Å². The molecule has 1 aromatic heterocycles. The predicted octanol–water partition coefficient (Wildman–Crippen LogP) is 4.50. The molecular formula is C31H26N2O4S. The smallest absolute Gasteiger partial charge is 0.338 e. The van der Waals surface area contributed by atoms with Crippen LogP contribution in [0.15, 0.2) is 113 Å². The molecule has 0 saturated heterocycles. The van der Waals surface area contributed by atoms with Crippen LogP contribution in [0.4, 0.5) is 0 Å². The molecule has 0 N–H and O–H groups in total. The van der Waals surface area contributed by atoms with Crippen molar-refractivity contribution in [3.05, 3.63) is 140 Å². The fourth-order valence-electron chi connectivity index (χ4n) is 4.41. The van der Waals surface area contributed by atoms with Gasteiger partial charge in [-0.25, -0.2) is 9.79 Å². The Morgan fingerprint density at radius 2 is 1.71 bits per heavy atom. The van der Waals surface area contributed by atoms with E-state index in [9.17, 15) is 9.59 Å². The second-order valence-corrected chi connectivity index (χ2v) is 9.49. The van der Waals surface area contributed by atoms with Gasteiger partial charge in [0.05, 0.1) is 28.5 Å². The predicted molar refractivity (Wildman–Crippen MR) is 150 cm³/mol. The highest BCUT2D eigenvalue weighted by atomic mass is 32.1. The van der Waals surface area contributed by atoms with E-state index in [0.717, 1.165) is 16.7 Å². The van der Waals surface area contributed by atoms with Gasteiger partial charge in [-0.1, -0.05) is 103 Å². The Labute approximate surface area is 224 Å². The minimum Gasteiger partial charge on any atom is -0.489 e. The summed E-state index contributed by atoms with van der Waals surface area (Å²) in [6.45, 7) is 6.03. The Hall–Kier alpha value is -4.49. The normalized spacial score (nSPS) is 15.0. The molecule has 0 fully saturated rings. The molecule has 0 radical (unpaired) electrons. The largest absolute Gasteiger partial charge is 0.489 e. The van der Waals surface area contributed by atoms with Crippen LogP contribution < -0.4 is 19.6 Å². The van der Waals surface area contributed by atoms with Crippen molar-refractivity contribution >= 4 is 29.1 Å². The van der Waals surface area contributed by atoms with E-state index in [-0.39, 0.29) is 12.2 Å². The molecular weight excluding hydrogens is 496 g/mol. The third-order valence-corrected chi connectivity index (χ3v) is 7.03. The van der Waals surface area contributed by atoms with Gasteiger partial charge in [-0.15, -0.1) is 0 Å². The summed E-state index contributed by atoms with van der Waals surface area (Å²) < 4.78 is 13.4. The van der Waals surface area contributed by atoms with Crippen molar-refractivity contribution in [2.24, 2.45) is 4.99 Å². The SMILES string of the molecule is C=CCOc1ccccc1/C=c1/sc2n(c1=O)[C@@H](c1ccccc1)C(C(=O)OCC)=C(c1ccccc1)N=2. The molecule has 0 amide bonds. The second-order valence-electron chi connectivity index (χ2n) is 8.48. The second kappa shape index (κ2) is 11.3. The molecule has 4 aromatic rings. The summed E-state index contributed by atoms with van der Waals surface area (Å²) in [4.78, 5) is 32.8. The first kappa shape index (κ1) is 25.2. The first-order chi connectivity index (χ1) is 18.6. The number of aromatic nitrogens is 1. The zero-order valence-electron chi connectivity index (χ0n) is 20.9. The molecule has 1 aliphatic rings. The van der Waals surface area contributed by atoms with Crippen LogP contribution in [-0.4, -0.2) is 23.8 Å². The topological polar surface area (TPSA) is 69.9 Å². The molecule has 0 unspecified atom stereocenters. The minimum absolute atomic E-state index is 0.206. The Morgan fingerprint density at radius 1 is 1.03 bits per heavy atom. The van der Waals surface area contributed by atoms with Crippen LogP contribution in [-0.2, 0) is 9.53 Å².